The highest BCUT2D eigenvalue weighted by atomic mass is 127. The van der Waals surface area contributed by atoms with Crippen LogP contribution >= 0.6 is 24.0 Å². The average Bonchev–Trinajstić information content (AvgIpc) is 2.63. The van der Waals surface area contributed by atoms with Crippen molar-refractivity contribution in [2.45, 2.75) is 52.0 Å². The lowest BCUT2D eigenvalue weighted by molar-refractivity contribution is 0.147. The number of likely N-dealkylation sites (tertiary alicyclic amines) is 1. The fourth-order valence-electron chi connectivity index (χ4n) is 3.22. The number of piperidine rings is 1. The Morgan fingerprint density at radius 3 is 2.54 bits per heavy atom. The summed E-state index contributed by atoms with van der Waals surface area (Å²) in [5.74, 6) is 0.932. The molecule has 1 heterocycles. The van der Waals surface area contributed by atoms with Crippen LogP contribution in [0.3, 0.4) is 0 Å². The minimum atomic E-state index is -3.08. The summed E-state index contributed by atoms with van der Waals surface area (Å²) in [6.45, 7) is 8.27. The van der Waals surface area contributed by atoms with Gasteiger partial charge in [-0.05, 0) is 39.2 Å². The molecule has 1 rings (SSSR count). The van der Waals surface area contributed by atoms with E-state index < -0.39 is 10.0 Å². The Hall–Kier alpha value is -0.130. The number of aliphatic imine (C=N–C) groups is 1. The van der Waals surface area contributed by atoms with Crippen molar-refractivity contribution in [3.05, 3.63) is 0 Å². The van der Waals surface area contributed by atoms with E-state index in [1.807, 2.05) is 0 Å². The van der Waals surface area contributed by atoms with Gasteiger partial charge in [-0.2, -0.15) is 0 Å². The molecule has 0 aromatic heterocycles. The summed E-state index contributed by atoms with van der Waals surface area (Å²) in [6, 6.07) is 0.724. The van der Waals surface area contributed by atoms with Gasteiger partial charge < -0.3 is 10.6 Å². The molecule has 0 radical (unpaired) electrons. The van der Waals surface area contributed by atoms with Crippen molar-refractivity contribution < 1.29 is 8.42 Å². The number of sulfonamides is 1. The molecule has 1 aliphatic heterocycles. The molecule has 156 valence electrons. The highest BCUT2D eigenvalue weighted by Gasteiger charge is 2.20. The first kappa shape index (κ1) is 25.9. The molecule has 0 spiro atoms. The highest BCUT2D eigenvalue weighted by molar-refractivity contribution is 14.0. The van der Waals surface area contributed by atoms with Crippen molar-refractivity contribution in [1.29, 1.82) is 0 Å². The number of nitrogens with zero attached hydrogens (tertiary/aromatic N) is 3. The van der Waals surface area contributed by atoms with Gasteiger partial charge in [0.25, 0.3) is 0 Å². The molecule has 9 heteroatoms. The fraction of sp³-hybridized carbons (Fsp3) is 0.941. The van der Waals surface area contributed by atoms with Crippen molar-refractivity contribution in [1.82, 2.24) is 19.8 Å². The largest absolute Gasteiger partial charge is 0.356 e. The number of hydrogen-bond acceptors (Lipinski definition) is 4. The molecule has 0 aromatic rings. The predicted octanol–water partition coefficient (Wildman–Crippen LogP) is 1.71. The summed E-state index contributed by atoms with van der Waals surface area (Å²) in [4.78, 5) is 6.81. The first-order valence-corrected chi connectivity index (χ1v) is 11.2. The number of halogens is 1. The molecule has 1 unspecified atom stereocenters. The Morgan fingerprint density at radius 2 is 1.92 bits per heavy atom. The maximum atomic E-state index is 11.7. The first-order chi connectivity index (χ1) is 11.9. The lowest BCUT2D eigenvalue weighted by Crippen LogP contribution is -2.46. The molecule has 7 nitrogen and oxygen atoms in total. The summed E-state index contributed by atoms with van der Waals surface area (Å²) >= 11 is 0. The van der Waals surface area contributed by atoms with E-state index in [1.54, 1.807) is 21.0 Å². The molecule has 0 amide bonds. The standard InChI is InChI=1S/C17H37N5O2S.HI/c1-5-16-10-7-8-14-22(16)15-12-20-17(18-3)19-11-9-13-21(4)25(23,24)6-2;/h16H,5-15H2,1-4H3,(H2,18,19,20);1H. The van der Waals surface area contributed by atoms with Gasteiger partial charge in [0, 0.05) is 46.3 Å². The first-order valence-electron chi connectivity index (χ1n) is 9.57. The SMILES string of the molecule is CCC1CCCCN1CCNC(=NC)NCCCN(C)S(=O)(=O)CC.I. The Balaban J connectivity index is 0.00000625. The number of guanidine groups is 1. The van der Waals surface area contributed by atoms with Gasteiger partial charge in [-0.1, -0.05) is 13.3 Å². The van der Waals surface area contributed by atoms with Crippen LogP contribution in [0.5, 0.6) is 0 Å². The van der Waals surface area contributed by atoms with Crippen molar-refractivity contribution in [3.63, 3.8) is 0 Å². The van der Waals surface area contributed by atoms with Crippen molar-refractivity contribution in [2.75, 3.05) is 52.6 Å². The van der Waals surface area contributed by atoms with Crippen LogP contribution in [0.1, 0.15) is 46.0 Å². The molecule has 1 saturated heterocycles. The Labute approximate surface area is 177 Å². The third kappa shape index (κ3) is 9.18. The van der Waals surface area contributed by atoms with Crippen LogP contribution in [-0.2, 0) is 10.0 Å². The predicted molar refractivity (Wildman–Crippen MR) is 121 cm³/mol. The van der Waals surface area contributed by atoms with Gasteiger partial charge in [0.15, 0.2) is 5.96 Å². The van der Waals surface area contributed by atoms with Gasteiger partial charge in [-0.15, -0.1) is 24.0 Å². The monoisotopic (exact) mass is 503 g/mol. The van der Waals surface area contributed by atoms with Crippen LogP contribution in [0.15, 0.2) is 4.99 Å². The topological polar surface area (TPSA) is 77.0 Å². The maximum absolute atomic E-state index is 11.7. The number of hydrogen-bond donors (Lipinski definition) is 2. The van der Waals surface area contributed by atoms with Crippen LogP contribution in [-0.4, -0.2) is 82.2 Å². The molecule has 1 fully saturated rings. The van der Waals surface area contributed by atoms with Gasteiger partial charge in [0.05, 0.1) is 5.75 Å². The Morgan fingerprint density at radius 1 is 1.23 bits per heavy atom. The van der Waals surface area contributed by atoms with Crippen LogP contribution in [0, 0.1) is 0 Å². The van der Waals surface area contributed by atoms with E-state index in [-0.39, 0.29) is 29.7 Å². The van der Waals surface area contributed by atoms with E-state index in [0.717, 1.165) is 31.5 Å². The van der Waals surface area contributed by atoms with Gasteiger partial charge in [-0.25, -0.2) is 12.7 Å². The minimum Gasteiger partial charge on any atom is -0.356 e. The van der Waals surface area contributed by atoms with E-state index in [1.165, 1.54) is 36.5 Å². The van der Waals surface area contributed by atoms with Crippen molar-refractivity contribution in [3.8, 4) is 0 Å². The second-order valence-electron chi connectivity index (χ2n) is 6.60. The van der Waals surface area contributed by atoms with E-state index in [2.05, 4.69) is 27.4 Å². The second kappa shape index (κ2) is 14.0. The average molecular weight is 503 g/mol. The molecule has 2 N–H and O–H groups in total. The van der Waals surface area contributed by atoms with Crippen LogP contribution in [0.25, 0.3) is 0 Å². The lowest BCUT2D eigenvalue weighted by Gasteiger charge is -2.35. The number of rotatable bonds is 10. The molecule has 0 saturated carbocycles. The third-order valence-corrected chi connectivity index (χ3v) is 6.78. The molecule has 0 aromatic carbocycles. The normalized spacial score (nSPS) is 19.3. The van der Waals surface area contributed by atoms with Crippen LogP contribution in [0.2, 0.25) is 0 Å². The summed E-state index contributed by atoms with van der Waals surface area (Å²) in [7, 11) is 0.311. The quantitative estimate of drug-likeness (QED) is 0.206. The molecule has 0 bridgehead atoms. The summed E-state index contributed by atoms with van der Waals surface area (Å²) in [5, 5.41) is 6.61. The van der Waals surface area contributed by atoms with E-state index in [4.69, 9.17) is 0 Å². The summed E-state index contributed by atoms with van der Waals surface area (Å²) in [6.07, 6.45) is 5.95. The Kier molecular flexibility index (Phi) is 13.9. The minimum absolute atomic E-state index is 0. The van der Waals surface area contributed by atoms with Crippen LogP contribution < -0.4 is 10.6 Å². The summed E-state index contributed by atoms with van der Waals surface area (Å²) < 4.78 is 24.8. The van der Waals surface area contributed by atoms with Gasteiger partial charge in [0.2, 0.25) is 10.0 Å². The van der Waals surface area contributed by atoms with E-state index >= 15 is 0 Å². The molecule has 26 heavy (non-hydrogen) atoms. The van der Waals surface area contributed by atoms with Crippen molar-refractivity contribution in [2.24, 2.45) is 4.99 Å². The smallest absolute Gasteiger partial charge is 0.213 e. The van der Waals surface area contributed by atoms with Gasteiger partial charge in [0.1, 0.15) is 0 Å². The van der Waals surface area contributed by atoms with E-state index in [9.17, 15) is 8.42 Å². The van der Waals surface area contributed by atoms with Crippen LogP contribution in [0.4, 0.5) is 0 Å². The lowest BCUT2D eigenvalue weighted by atomic mass is 10.0. The second-order valence-corrected chi connectivity index (χ2v) is 8.96. The molecular weight excluding hydrogens is 465 g/mol. The number of nitrogens with one attached hydrogen (secondary N) is 2. The zero-order valence-electron chi connectivity index (χ0n) is 16.8. The third-order valence-electron chi connectivity index (χ3n) is 4.92. The highest BCUT2D eigenvalue weighted by Crippen LogP contribution is 2.18. The summed E-state index contributed by atoms with van der Waals surface area (Å²) in [5.41, 5.74) is 0. The van der Waals surface area contributed by atoms with Crippen molar-refractivity contribution >= 4 is 40.0 Å². The zero-order valence-corrected chi connectivity index (χ0v) is 20.0. The van der Waals surface area contributed by atoms with E-state index in [0.29, 0.717) is 13.1 Å². The maximum Gasteiger partial charge on any atom is 0.213 e. The molecular formula is C17H38IN5O2S. The molecule has 1 aliphatic rings. The molecule has 1 atom stereocenters. The van der Waals surface area contributed by atoms with Gasteiger partial charge in [-0.3, -0.25) is 9.89 Å². The zero-order chi connectivity index (χ0) is 18.7. The molecule has 0 aliphatic carbocycles. The Bertz CT molecular complexity index is 501. The fourth-order valence-corrected chi connectivity index (χ4v) is 4.07. The van der Waals surface area contributed by atoms with Gasteiger partial charge >= 0.3 is 0 Å².